The van der Waals surface area contributed by atoms with Gasteiger partial charge in [0, 0.05) is 29.4 Å². The number of rotatable bonds is 7. The van der Waals surface area contributed by atoms with Crippen molar-refractivity contribution in [2.24, 2.45) is 0 Å². The van der Waals surface area contributed by atoms with Crippen molar-refractivity contribution in [3.8, 4) is 28.6 Å². The molecule has 0 fully saturated rings. The van der Waals surface area contributed by atoms with E-state index in [0.717, 1.165) is 16.8 Å². The summed E-state index contributed by atoms with van der Waals surface area (Å²) in [5.74, 6) is 2.04. The van der Waals surface area contributed by atoms with E-state index in [-0.39, 0.29) is 23.4 Å². The standard InChI is InChI=1S/C25H23N5O4S/c1-17(18-7-6-10-21(13-18)30(31)32)27(2)15-28-25(35)29(20-8-4-3-5-9-20)24(26-28)19-11-12-22-23(14-19)34-16-33-22/h3-14,17H,15-16H2,1-2H3/t17-/m1/s1. The second-order valence-corrected chi connectivity index (χ2v) is 8.64. The zero-order valence-electron chi connectivity index (χ0n) is 19.2. The zero-order valence-corrected chi connectivity index (χ0v) is 20.0. The summed E-state index contributed by atoms with van der Waals surface area (Å²) < 4.78 is 15.2. The number of hydrogen-bond donors (Lipinski definition) is 0. The summed E-state index contributed by atoms with van der Waals surface area (Å²) in [5.41, 5.74) is 2.65. The Morgan fingerprint density at radius 3 is 2.63 bits per heavy atom. The molecule has 0 aliphatic carbocycles. The molecule has 1 aliphatic heterocycles. The van der Waals surface area contributed by atoms with Gasteiger partial charge < -0.3 is 9.47 Å². The molecule has 1 atom stereocenters. The van der Waals surface area contributed by atoms with Crippen LogP contribution in [0.15, 0.2) is 72.8 Å². The molecule has 4 aromatic rings. The number of non-ortho nitro benzene ring substituents is 1. The molecule has 1 aromatic heterocycles. The van der Waals surface area contributed by atoms with Gasteiger partial charge in [-0.15, -0.1) is 5.10 Å². The van der Waals surface area contributed by atoms with E-state index < -0.39 is 0 Å². The summed E-state index contributed by atoms with van der Waals surface area (Å²) in [6, 6.07) is 22.1. The van der Waals surface area contributed by atoms with Crippen LogP contribution in [0.5, 0.6) is 11.5 Å². The zero-order chi connectivity index (χ0) is 24.5. The molecule has 0 bridgehead atoms. The molecule has 5 rings (SSSR count). The van der Waals surface area contributed by atoms with E-state index in [1.165, 1.54) is 6.07 Å². The second kappa shape index (κ2) is 9.32. The third-order valence-corrected chi connectivity index (χ3v) is 6.46. The van der Waals surface area contributed by atoms with Crippen LogP contribution in [0.3, 0.4) is 0 Å². The first-order chi connectivity index (χ1) is 16.9. The van der Waals surface area contributed by atoms with Gasteiger partial charge in [-0.25, -0.2) is 4.68 Å². The fourth-order valence-corrected chi connectivity index (χ4v) is 4.31. The fourth-order valence-electron chi connectivity index (χ4n) is 4.02. The minimum atomic E-state index is -0.383. The van der Waals surface area contributed by atoms with Crippen molar-refractivity contribution >= 4 is 17.9 Å². The van der Waals surface area contributed by atoms with Crippen LogP contribution >= 0.6 is 12.2 Å². The Kier molecular flexibility index (Phi) is 6.06. The number of ether oxygens (including phenoxy) is 2. The van der Waals surface area contributed by atoms with Gasteiger partial charge in [0.2, 0.25) is 11.6 Å². The van der Waals surface area contributed by atoms with E-state index in [4.69, 9.17) is 26.8 Å². The maximum absolute atomic E-state index is 11.2. The van der Waals surface area contributed by atoms with Crippen LogP contribution in [0, 0.1) is 14.9 Å². The van der Waals surface area contributed by atoms with Gasteiger partial charge in [-0.3, -0.25) is 19.6 Å². The molecule has 0 saturated carbocycles. The highest BCUT2D eigenvalue weighted by Gasteiger charge is 2.21. The van der Waals surface area contributed by atoms with Gasteiger partial charge in [0.25, 0.3) is 5.69 Å². The predicted molar refractivity (Wildman–Crippen MR) is 133 cm³/mol. The van der Waals surface area contributed by atoms with Gasteiger partial charge in [-0.2, -0.15) is 0 Å². The third-order valence-electron chi connectivity index (χ3n) is 6.07. The van der Waals surface area contributed by atoms with Gasteiger partial charge in [-0.05, 0) is 62.1 Å². The fraction of sp³-hybridized carbons (Fsp3) is 0.200. The average Bonchev–Trinajstić information content (AvgIpc) is 3.48. The van der Waals surface area contributed by atoms with Crippen LogP contribution in [0.4, 0.5) is 5.69 Å². The molecule has 1 aliphatic rings. The Labute approximate surface area is 206 Å². The number of fused-ring (bicyclic) bond motifs is 1. The lowest BCUT2D eigenvalue weighted by molar-refractivity contribution is -0.384. The predicted octanol–water partition coefficient (Wildman–Crippen LogP) is 5.36. The van der Waals surface area contributed by atoms with Crippen LogP contribution < -0.4 is 9.47 Å². The first kappa shape index (κ1) is 22.8. The molecule has 0 spiro atoms. The highest BCUT2D eigenvalue weighted by atomic mass is 32.1. The van der Waals surface area contributed by atoms with Crippen LogP contribution in [0.2, 0.25) is 0 Å². The molecular formula is C25H23N5O4S. The van der Waals surface area contributed by atoms with Crippen molar-refractivity contribution in [1.29, 1.82) is 0 Å². The molecule has 10 heteroatoms. The molecule has 2 heterocycles. The molecule has 3 aromatic carbocycles. The summed E-state index contributed by atoms with van der Waals surface area (Å²) in [4.78, 5) is 12.9. The van der Waals surface area contributed by atoms with Crippen molar-refractivity contribution in [2.45, 2.75) is 19.6 Å². The summed E-state index contributed by atoms with van der Waals surface area (Å²) in [7, 11) is 1.94. The third kappa shape index (κ3) is 4.41. The van der Waals surface area contributed by atoms with Crippen molar-refractivity contribution in [3.05, 3.63) is 93.2 Å². The first-order valence-electron chi connectivity index (χ1n) is 11.0. The highest BCUT2D eigenvalue weighted by molar-refractivity contribution is 7.71. The van der Waals surface area contributed by atoms with Crippen LogP contribution in [-0.2, 0) is 6.67 Å². The largest absolute Gasteiger partial charge is 0.454 e. The number of nitrogens with zero attached hydrogens (tertiary/aromatic N) is 5. The maximum atomic E-state index is 11.2. The van der Waals surface area contributed by atoms with Crippen LogP contribution in [-0.4, -0.2) is 38.0 Å². The highest BCUT2D eigenvalue weighted by Crippen LogP contribution is 2.36. The second-order valence-electron chi connectivity index (χ2n) is 8.27. The molecule has 35 heavy (non-hydrogen) atoms. The molecule has 0 amide bonds. The average molecular weight is 490 g/mol. The minimum absolute atomic E-state index is 0.0674. The van der Waals surface area contributed by atoms with Gasteiger partial charge >= 0.3 is 0 Å². The van der Waals surface area contributed by atoms with Crippen LogP contribution in [0.1, 0.15) is 18.5 Å². The lowest BCUT2D eigenvalue weighted by Crippen LogP contribution is -2.26. The summed E-state index contributed by atoms with van der Waals surface area (Å²) in [6.07, 6.45) is 0. The number of para-hydroxylation sites is 1. The number of nitro groups is 1. The minimum Gasteiger partial charge on any atom is -0.454 e. The smallest absolute Gasteiger partial charge is 0.269 e. The van der Waals surface area contributed by atoms with Gasteiger partial charge in [-0.1, -0.05) is 30.3 Å². The Morgan fingerprint density at radius 1 is 1.09 bits per heavy atom. The normalized spacial score (nSPS) is 13.2. The van der Waals surface area contributed by atoms with Crippen molar-refractivity contribution < 1.29 is 14.4 Å². The lowest BCUT2D eigenvalue weighted by Gasteiger charge is -2.24. The quantitative estimate of drug-likeness (QED) is 0.196. The lowest BCUT2D eigenvalue weighted by atomic mass is 10.1. The Hall–Kier alpha value is -4.02. The monoisotopic (exact) mass is 489 g/mol. The first-order valence-corrected chi connectivity index (χ1v) is 11.4. The van der Waals surface area contributed by atoms with E-state index >= 15 is 0 Å². The molecule has 0 unspecified atom stereocenters. The summed E-state index contributed by atoms with van der Waals surface area (Å²) in [6.45, 7) is 2.58. The van der Waals surface area contributed by atoms with E-state index in [9.17, 15) is 10.1 Å². The van der Waals surface area contributed by atoms with E-state index in [2.05, 4.69) is 0 Å². The number of aromatic nitrogens is 3. The molecule has 9 nitrogen and oxygen atoms in total. The van der Waals surface area contributed by atoms with E-state index in [0.29, 0.717) is 28.8 Å². The topological polar surface area (TPSA) is 87.6 Å². The van der Waals surface area contributed by atoms with Gasteiger partial charge in [0.1, 0.15) is 0 Å². The van der Waals surface area contributed by atoms with Gasteiger partial charge in [0.15, 0.2) is 17.3 Å². The molecule has 0 radical (unpaired) electrons. The molecular weight excluding hydrogens is 466 g/mol. The van der Waals surface area contributed by atoms with Gasteiger partial charge in [0.05, 0.1) is 11.6 Å². The number of nitro benzene ring substituents is 1. The SMILES string of the molecule is C[C@H](c1cccc([N+](=O)[O-])c1)N(C)Cn1nc(-c2ccc3c(c2)OCO3)n(-c2ccccc2)c1=S. The summed E-state index contributed by atoms with van der Waals surface area (Å²) in [5, 5.41) is 16.1. The Bertz CT molecular complexity index is 1450. The van der Waals surface area contributed by atoms with E-state index in [1.807, 2.05) is 78.0 Å². The maximum Gasteiger partial charge on any atom is 0.269 e. The Balaban J connectivity index is 1.52. The van der Waals surface area contributed by atoms with Crippen molar-refractivity contribution in [1.82, 2.24) is 19.2 Å². The number of hydrogen-bond acceptors (Lipinski definition) is 7. The summed E-state index contributed by atoms with van der Waals surface area (Å²) >= 11 is 5.86. The molecule has 0 N–H and O–H groups in total. The Morgan fingerprint density at radius 2 is 1.86 bits per heavy atom. The number of benzene rings is 3. The molecule has 178 valence electrons. The van der Waals surface area contributed by atoms with Crippen molar-refractivity contribution in [2.75, 3.05) is 13.8 Å². The molecule has 0 saturated heterocycles. The van der Waals surface area contributed by atoms with E-state index in [1.54, 1.807) is 16.8 Å². The van der Waals surface area contributed by atoms with Crippen molar-refractivity contribution in [3.63, 3.8) is 0 Å². The van der Waals surface area contributed by atoms with Crippen LogP contribution in [0.25, 0.3) is 17.1 Å².